The molecule has 0 aliphatic heterocycles. The minimum atomic E-state index is -0.820. The Kier molecular flexibility index (Phi) is 8.04. The van der Waals surface area contributed by atoms with Crippen LogP contribution in [-0.4, -0.2) is 47.5 Å². The number of rotatable bonds is 9. The molecule has 1 heterocycles. The number of anilines is 1. The smallest absolute Gasteiger partial charge is 0.319 e. The van der Waals surface area contributed by atoms with Gasteiger partial charge in [0.05, 0.1) is 24.8 Å². The number of methoxy groups -OCH3 is 1. The molecule has 0 fully saturated rings. The Labute approximate surface area is 208 Å². The van der Waals surface area contributed by atoms with Crippen molar-refractivity contribution < 1.29 is 19.7 Å². The fourth-order valence-electron chi connectivity index (χ4n) is 4.13. The summed E-state index contributed by atoms with van der Waals surface area (Å²) in [5.41, 5.74) is 2.34. The molecule has 2 amide bonds. The highest BCUT2D eigenvalue weighted by molar-refractivity contribution is 5.89. The molecule has 4 rings (SSSR count). The number of ether oxygens (including phenoxy) is 1. The molecule has 0 radical (unpaired) electrons. The Bertz CT molecular complexity index is 1350. The number of phenols is 1. The molecule has 1 aliphatic carbocycles. The van der Waals surface area contributed by atoms with Gasteiger partial charge in [-0.3, -0.25) is 4.79 Å². The molecule has 0 bridgehead atoms. The van der Waals surface area contributed by atoms with Crippen LogP contribution in [0.1, 0.15) is 23.7 Å². The number of phenolic OH excluding ortho intramolecular Hbond substituents is 1. The third-order valence-corrected chi connectivity index (χ3v) is 6.00. The van der Waals surface area contributed by atoms with Gasteiger partial charge in [0.25, 0.3) is 0 Å². The van der Waals surface area contributed by atoms with Crippen LogP contribution in [0.4, 0.5) is 10.5 Å². The van der Waals surface area contributed by atoms with E-state index >= 15 is 0 Å². The summed E-state index contributed by atoms with van der Waals surface area (Å²) in [5, 5.41) is 30.3. The SMILES string of the molecule is COC1=CCC(NC(=O)Nc2cccc(CCNCC(O)c3ccc(O)c4[nH]c(=O)ccc34)c2)C=C1. The minimum absolute atomic E-state index is 0.0407. The number of hydrogen-bond donors (Lipinski definition) is 6. The van der Waals surface area contributed by atoms with Crippen molar-refractivity contribution in [1.29, 1.82) is 0 Å². The number of carbonyl (C=O) groups excluding carboxylic acids is 1. The van der Waals surface area contributed by atoms with Crippen LogP contribution in [0.5, 0.6) is 5.75 Å². The lowest BCUT2D eigenvalue weighted by atomic mass is 10.0. The molecule has 9 nitrogen and oxygen atoms in total. The highest BCUT2D eigenvalue weighted by atomic mass is 16.5. The fourth-order valence-corrected chi connectivity index (χ4v) is 4.13. The van der Waals surface area contributed by atoms with Crippen LogP contribution < -0.4 is 21.5 Å². The van der Waals surface area contributed by atoms with E-state index in [1.807, 2.05) is 42.5 Å². The lowest BCUT2D eigenvalue weighted by Gasteiger charge is -2.18. The number of urea groups is 1. The lowest BCUT2D eigenvalue weighted by molar-refractivity contribution is 0.176. The number of allylic oxidation sites excluding steroid dienone is 1. The number of aromatic amines is 1. The largest absolute Gasteiger partial charge is 0.506 e. The van der Waals surface area contributed by atoms with Gasteiger partial charge < -0.3 is 35.9 Å². The monoisotopic (exact) mass is 490 g/mol. The Morgan fingerprint density at radius 1 is 1.22 bits per heavy atom. The number of H-pyrrole nitrogens is 1. The molecule has 9 heteroatoms. The summed E-state index contributed by atoms with van der Waals surface area (Å²) in [6.45, 7) is 0.911. The summed E-state index contributed by atoms with van der Waals surface area (Å²) in [7, 11) is 1.61. The van der Waals surface area contributed by atoms with Crippen molar-refractivity contribution in [2.45, 2.75) is 25.0 Å². The number of aromatic hydroxyl groups is 1. The van der Waals surface area contributed by atoms with Gasteiger partial charge in [0.1, 0.15) is 11.5 Å². The number of benzene rings is 2. The van der Waals surface area contributed by atoms with E-state index in [0.29, 0.717) is 48.1 Å². The van der Waals surface area contributed by atoms with Gasteiger partial charge in [-0.05, 0) is 66.9 Å². The zero-order valence-electron chi connectivity index (χ0n) is 20.0. The summed E-state index contributed by atoms with van der Waals surface area (Å²) in [5.74, 6) is 0.746. The highest BCUT2D eigenvalue weighted by Gasteiger charge is 2.14. The number of aromatic nitrogens is 1. The van der Waals surface area contributed by atoms with Crippen molar-refractivity contribution >= 4 is 22.6 Å². The number of aliphatic hydroxyl groups excluding tert-OH is 1. The zero-order chi connectivity index (χ0) is 25.5. The van der Waals surface area contributed by atoms with Crippen molar-refractivity contribution in [3.8, 4) is 5.75 Å². The van der Waals surface area contributed by atoms with E-state index in [1.54, 1.807) is 19.2 Å². The summed E-state index contributed by atoms with van der Waals surface area (Å²) in [6.07, 6.45) is 6.21. The van der Waals surface area contributed by atoms with Gasteiger partial charge >= 0.3 is 6.03 Å². The van der Waals surface area contributed by atoms with Crippen molar-refractivity contribution in [3.63, 3.8) is 0 Å². The first kappa shape index (κ1) is 25.0. The predicted molar refractivity (Wildman–Crippen MR) is 139 cm³/mol. The van der Waals surface area contributed by atoms with Crippen LogP contribution in [0, 0.1) is 0 Å². The summed E-state index contributed by atoms with van der Waals surface area (Å²) in [4.78, 5) is 26.5. The standard InChI is InChI=1S/C27H30N4O5/c1-36-20-7-5-18(6-8-20)29-27(35)30-19-4-2-3-17(15-19)13-14-28-16-24(33)21-9-11-23(32)26-22(21)10-12-25(34)31-26/h2-5,7-12,15,18,24,28,32-33H,6,13-14,16H2,1H3,(H,31,34)(H2,29,30,35). The van der Waals surface area contributed by atoms with Crippen LogP contribution in [0.25, 0.3) is 10.9 Å². The van der Waals surface area contributed by atoms with Crippen LogP contribution >= 0.6 is 0 Å². The van der Waals surface area contributed by atoms with E-state index in [0.717, 1.165) is 11.3 Å². The van der Waals surface area contributed by atoms with Crippen LogP contribution in [0.15, 0.2) is 77.3 Å². The van der Waals surface area contributed by atoms with E-state index in [4.69, 9.17) is 4.74 Å². The Morgan fingerprint density at radius 2 is 2.08 bits per heavy atom. The molecule has 3 aromatic rings. The molecule has 6 N–H and O–H groups in total. The molecule has 2 atom stereocenters. The number of amides is 2. The maximum atomic E-state index is 12.4. The van der Waals surface area contributed by atoms with Crippen LogP contribution in [0.2, 0.25) is 0 Å². The fraction of sp³-hybridized carbons (Fsp3) is 0.259. The summed E-state index contributed by atoms with van der Waals surface area (Å²) < 4.78 is 5.16. The van der Waals surface area contributed by atoms with Gasteiger partial charge in [-0.2, -0.15) is 0 Å². The summed E-state index contributed by atoms with van der Waals surface area (Å²) in [6, 6.07) is 13.3. The molecular weight excluding hydrogens is 460 g/mol. The van der Waals surface area contributed by atoms with Crippen molar-refractivity contribution in [1.82, 2.24) is 15.6 Å². The Balaban J connectivity index is 1.26. The number of hydrogen-bond acceptors (Lipinski definition) is 6. The molecule has 0 saturated carbocycles. The Hall–Kier alpha value is -4.08. The van der Waals surface area contributed by atoms with E-state index in [9.17, 15) is 19.8 Å². The van der Waals surface area contributed by atoms with Gasteiger partial charge in [0.15, 0.2) is 0 Å². The number of nitrogens with one attached hydrogen (secondary N) is 4. The number of carbonyl (C=O) groups is 1. The van der Waals surface area contributed by atoms with Gasteiger partial charge in [-0.15, -0.1) is 0 Å². The predicted octanol–water partition coefficient (Wildman–Crippen LogP) is 3.08. The van der Waals surface area contributed by atoms with E-state index in [2.05, 4.69) is 20.9 Å². The molecule has 36 heavy (non-hydrogen) atoms. The quantitative estimate of drug-likeness (QED) is 0.255. The average molecular weight is 491 g/mol. The van der Waals surface area contributed by atoms with Gasteiger partial charge in [-0.25, -0.2) is 4.79 Å². The maximum absolute atomic E-state index is 12.4. The van der Waals surface area contributed by atoms with Crippen molar-refractivity contribution in [3.05, 3.63) is 94.0 Å². The lowest BCUT2D eigenvalue weighted by Crippen LogP contribution is -2.37. The van der Waals surface area contributed by atoms with E-state index in [-0.39, 0.29) is 23.4 Å². The zero-order valence-corrected chi connectivity index (χ0v) is 20.0. The van der Waals surface area contributed by atoms with Gasteiger partial charge in [0.2, 0.25) is 5.56 Å². The van der Waals surface area contributed by atoms with Crippen molar-refractivity contribution in [2.75, 3.05) is 25.5 Å². The molecule has 0 spiro atoms. The second-order valence-corrected chi connectivity index (χ2v) is 8.57. The normalized spacial score (nSPS) is 15.8. The maximum Gasteiger partial charge on any atom is 0.319 e. The molecule has 2 aromatic carbocycles. The van der Waals surface area contributed by atoms with Crippen molar-refractivity contribution in [2.24, 2.45) is 0 Å². The minimum Gasteiger partial charge on any atom is -0.506 e. The second-order valence-electron chi connectivity index (χ2n) is 8.57. The number of pyridine rings is 1. The molecule has 188 valence electrons. The van der Waals surface area contributed by atoms with Crippen LogP contribution in [-0.2, 0) is 11.2 Å². The molecule has 2 unspecified atom stereocenters. The molecule has 1 aliphatic rings. The topological polar surface area (TPSA) is 136 Å². The first-order valence-electron chi connectivity index (χ1n) is 11.8. The van der Waals surface area contributed by atoms with Gasteiger partial charge in [0, 0.05) is 23.7 Å². The highest BCUT2D eigenvalue weighted by Crippen LogP contribution is 2.28. The number of aliphatic hydroxyl groups is 1. The van der Waals surface area contributed by atoms with Crippen LogP contribution in [0.3, 0.4) is 0 Å². The second kappa shape index (κ2) is 11.6. The van der Waals surface area contributed by atoms with E-state index < -0.39 is 6.10 Å². The molecule has 1 aromatic heterocycles. The third kappa shape index (κ3) is 6.32. The first-order valence-corrected chi connectivity index (χ1v) is 11.8. The third-order valence-electron chi connectivity index (χ3n) is 6.00. The Morgan fingerprint density at radius 3 is 2.86 bits per heavy atom. The summed E-state index contributed by atoms with van der Waals surface area (Å²) >= 11 is 0. The molecule has 0 saturated heterocycles. The average Bonchev–Trinajstić information content (AvgIpc) is 2.87. The van der Waals surface area contributed by atoms with E-state index in [1.165, 1.54) is 12.1 Å². The van der Waals surface area contributed by atoms with Gasteiger partial charge in [-0.1, -0.05) is 24.3 Å². The number of fused-ring (bicyclic) bond motifs is 1. The first-order chi connectivity index (χ1) is 17.4. The molecular formula is C27H30N4O5.